The quantitative estimate of drug-likeness (QED) is 0.706. The van der Waals surface area contributed by atoms with Crippen LogP contribution < -0.4 is 5.32 Å². The number of carbonyl (C=O) groups is 4. The Morgan fingerprint density at radius 1 is 1.00 bits per heavy atom. The van der Waals surface area contributed by atoms with Crippen molar-refractivity contribution in [2.24, 2.45) is 11.8 Å². The first-order valence-corrected chi connectivity index (χ1v) is 9.20. The predicted octanol–water partition coefficient (Wildman–Crippen LogP) is 2.99. The molecule has 0 heterocycles. The third-order valence-corrected chi connectivity index (χ3v) is 5.27. The smallest absolute Gasteiger partial charge is 0.309 e. The molecule has 4 rings (SSSR count). The Balaban J connectivity index is 1.51. The van der Waals surface area contributed by atoms with E-state index in [4.69, 9.17) is 4.74 Å². The van der Waals surface area contributed by atoms with Gasteiger partial charge >= 0.3 is 5.97 Å². The Labute approximate surface area is 161 Å². The van der Waals surface area contributed by atoms with Gasteiger partial charge in [-0.1, -0.05) is 31.2 Å². The summed E-state index contributed by atoms with van der Waals surface area (Å²) in [6.45, 7) is 3.46. The average Bonchev–Trinajstić information content (AvgIpc) is 3.43. The third-order valence-electron chi connectivity index (χ3n) is 5.27. The summed E-state index contributed by atoms with van der Waals surface area (Å²) in [5.41, 5.74) is 1.66. The van der Waals surface area contributed by atoms with E-state index in [9.17, 15) is 19.2 Å². The Hall–Kier alpha value is -3.28. The molecule has 2 aromatic rings. The molecule has 142 valence electrons. The lowest BCUT2D eigenvalue weighted by Gasteiger charge is -2.19. The number of ketones is 2. The van der Waals surface area contributed by atoms with Crippen LogP contribution in [0.25, 0.3) is 0 Å². The van der Waals surface area contributed by atoms with Crippen LogP contribution in [0.1, 0.15) is 52.1 Å². The molecule has 1 N–H and O–H groups in total. The van der Waals surface area contributed by atoms with Crippen molar-refractivity contribution < 1.29 is 23.9 Å². The highest BCUT2D eigenvalue weighted by Gasteiger charge is 2.41. The Morgan fingerprint density at radius 3 is 2.18 bits per heavy atom. The van der Waals surface area contributed by atoms with Crippen LogP contribution in [0.5, 0.6) is 0 Å². The maximum absolute atomic E-state index is 12.7. The van der Waals surface area contributed by atoms with Crippen molar-refractivity contribution in [3.05, 3.63) is 64.7 Å². The summed E-state index contributed by atoms with van der Waals surface area (Å²) in [6.07, 6.45) is -0.162. The fraction of sp³-hybridized carbons (Fsp3) is 0.273. The van der Waals surface area contributed by atoms with E-state index >= 15 is 0 Å². The van der Waals surface area contributed by atoms with Crippen molar-refractivity contribution in [2.45, 2.75) is 26.4 Å². The Kier molecular flexibility index (Phi) is 4.34. The van der Waals surface area contributed by atoms with Gasteiger partial charge in [0.25, 0.3) is 5.91 Å². The lowest BCUT2D eigenvalue weighted by molar-refractivity contribution is -0.154. The zero-order valence-corrected chi connectivity index (χ0v) is 15.5. The molecule has 0 aromatic heterocycles. The van der Waals surface area contributed by atoms with Gasteiger partial charge in [-0.15, -0.1) is 0 Å². The van der Waals surface area contributed by atoms with Crippen LogP contribution in [0.2, 0.25) is 0 Å². The fourth-order valence-electron chi connectivity index (χ4n) is 3.39. The normalized spacial score (nSPS) is 20.6. The van der Waals surface area contributed by atoms with Gasteiger partial charge < -0.3 is 10.1 Å². The molecule has 1 amide bonds. The molecule has 1 fully saturated rings. The van der Waals surface area contributed by atoms with Crippen molar-refractivity contribution in [1.29, 1.82) is 0 Å². The van der Waals surface area contributed by atoms with E-state index in [-0.39, 0.29) is 29.0 Å². The number of rotatable bonds is 4. The number of carbonyl (C=O) groups excluding carboxylic acids is 4. The van der Waals surface area contributed by atoms with Crippen LogP contribution in [0.15, 0.2) is 42.5 Å². The maximum Gasteiger partial charge on any atom is 0.309 e. The minimum atomic E-state index is -0.950. The van der Waals surface area contributed by atoms with Crippen LogP contribution in [0, 0.1) is 11.8 Å². The molecule has 2 aliphatic rings. The summed E-state index contributed by atoms with van der Waals surface area (Å²) in [5, 5.41) is 2.65. The van der Waals surface area contributed by atoms with Gasteiger partial charge in [0.15, 0.2) is 17.7 Å². The summed E-state index contributed by atoms with van der Waals surface area (Å²) < 4.78 is 5.20. The van der Waals surface area contributed by atoms with Gasteiger partial charge in [0.1, 0.15) is 0 Å². The van der Waals surface area contributed by atoms with Gasteiger partial charge in [-0.05, 0) is 37.5 Å². The van der Waals surface area contributed by atoms with Gasteiger partial charge in [0, 0.05) is 27.9 Å². The molecule has 2 aromatic carbocycles. The number of hydrogen-bond donors (Lipinski definition) is 1. The van der Waals surface area contributed by atoms with E-state index < -0.39 is 12.0 Å². The molecule has 0 unspecified atom stereocenters. The molecule has 1 saturated carbocycles. The molecule has 0 saturated heterocycles. The van der Waals surface area contributed by atoms with E-state index in [1.54, 1.807) is 30.3 Å². The van der Waals surface area contributed by atoms with E-state index in [0.29, 0.717) is 28.3 Å². The zero-order chi connectivity index (χ0) is 20.0. The van der Waals surface area contributed by atoms with Crippen LogP contribution in [0.3, 0.4) is 0 Å². The molecular formula is C22H19NO5. The number of esters is 1. The van der Waals surface area contributed by atoms with Crippen LogP contribution in [-0.2, 0) is 14.3 Å². The largest absolute Gasteiger partial charge is 0.452 e. The van der Waals surface area contributed by atoms with Crippen molar-refractivity contribution in [1.82, 2.24) is 0 Å². The molecule has 0 aliphatic heterocycles. The fourth-order valence-corrected chi connectivity index (χ4v) is 3.39. The van der Waals surface area contributed by atoms with Crippen molar-refractivity contribution in [2.75, 3.05) is 5.32 Å². The van der Waals surface area contributed by atoms with Crippen LogP contribution >= 0.6 is 0 Å². The SMILES string of the molecule is C[C@H](OC(=O)[C@@H]1C[C@@H]1C)C(=O)Nc1ccc2c(c1)C(=O)c1ccccc1C2=O. The second-order valence-electron chi connectivity index (χ2n) is 7.35. The topological polar surface area (TPSA) is 89.5 Å². The average molecular weight is 377 g/mol. The monoisotopic (exact) mass is 377 g/mol. The lowest BCUT2D eigenvalue weighted by atomic mass is 9.84. The van der Waals surface area contributed by atoms with Crippen molar-refractivity contribution in [3.8, 4) is 0 Å². The molecule has 2 aliphatic carbocycles. The molecule has 28 heavy (non-hydrogen) atoms. The molecule has 3 atom stereocenters. The number of anilines is 1. The summed E-state index contributed by atoms with van der Waals surface area (Å²) in [5.74, 6) is -1.15. The summed E-state index contributed by atoms with van der Waals surface area (Å²) in [6, 6.07) is 11.2. The maximum atomic E-state index is 12.7. The number of benzene rings is 2. The highest BCUT2D eigenvalue weighted by molar-refractivity contribution is 6.28. The highest BCUT2D eigenvalue weighted by Crippen LogP contribution is 2.38. The van der Waals surface area contributed by atoms with Gasteiger partial charge in [0.05, 0.1) is 5.92 Å². The first-order valence-electron chi connectivity index (χ1n) is 9.20. The molecule has 0 bridgehead atoms. The molecule has 0 spiro atoms. The predicted molar refractivity (Wildman–Crippen MR) is 101 cm³/mol. The van der Waals surface area contributed by atoms with Crippen molar-refractivity contribution in [3.63, 3.8) is 0 Å². The number of amides is 1. The first-order chi connectivity index (χ1) is 13.4. The van der Waals surface area contributed by atoms with Crippen LogP contribution in [0.4, 0.5) is 5.69 Å². The minimum absolute atomic E-state index is 0.123. The van der Waals surface area contributed by atoms with E-state index in [2.05, 4.69) is 5.32 Å². The van der Waals surface area contributed by atoms with E-state index in [1.165, 1.54) is 19.1 Å². The van der Waals surface area contributed by atoms with E-state index in [1.807, 2.05) is 6.92 Å². The van der Waals surface area contributed by atoms with Crippen LogP contribution in [-0.4, -0.2) is 29.5 Å². The summed E-state index contributed by atoms with van der Waals surface area (Å²) in [4.78, 5) is 49.6. The van der Waals surface area contributed by atoms with Gasteiger partial charge in [0.2, 0.25) is 0 Å². The summed E-state index contributed by atoms with van der Waals surface area (Å²) >= 11 is 0. The lowest BCUT2D eigenvalue weighted by Crippen LogP contribution is -2.31. The summed E-state index contributed by atoms with van der Waals surface area (Å²) in [7, 11) is 0. The van der Waals surface area contributed by atoms with E-state index in [0.717, 1.165) is 6.42 Å². The Bertz CT molecular complexity index is 1030. The number of nitrogens with one attached hydrogen (secondary N) is 1. The number of fused-ring (bicyclic) bond motifs is 2. The van der Waals surface area contributed by atoms with Crippen molar-refractivity contribution >= 4 is 29.1 Å². The molecule has 6 nitrogen and oxygen atoms in total. The molecule has 0 radical (unpaired) electrons. The zero-order valence-electron chi connectivity index (χ0n) is 15.5. The standard InChI is InChI=1S/C22H19NO5/c1-11-9-17(11)22(27)28-12(2)21(26)23-13-7-8-16-18(10-13)20(25)15-6-4-3-5-14(15)19(16)24/h3-8,10-12,17H,9H2,1-2H3,(H,23,26)/t11-,12-,17+/m0/s1. The van der Waals surface area contributed by atoms with Gasteiger partial charge in [-0.2, -0.15) is 0 Å². The first kappa shape index (κ1) is 18.1. The van der Waals surface area contributed by atoms with Gasteiger partial charge in [-0.3, -0.25) is 19.2 Å². The second-order valence-corrected chi connectivity index (χ2v) is 7.35. The minimum Gasteiger partial charge on any atom is -0.452 e. The molecular weight excluding hydrogens is 358 g/mol. The number of ether oxygens (including phenoxy) is 1. The third kappa shape index (κ3) is 3.11. The second kappa shape index (κ2) is 6.71. The highest BCUT2D eigenvalue weighted by atomic mass is 16.5. The Morgan fingerprint density at radius 2 is 1.57 bits per heavy atom. The molecule has 6 heteroatoms. The number of hydrogen-bond acceptors (Lipinski definition) is 5. The van der Waals surface area contributed by atoms with Gasteiger partial charge in [-0.25, -0.2) is 0 Å².